The minimum absolute atomic E-state index is 0.0761. The average molecular weight is 352 g/mol. The van der Waals surface area contributed by atoms with Gasteiger partial charge in [0.1, 0.15) is 0 Å². The highest BCUT2D eigenvalue weighted by Gasteiger charge is 2.24. The maximum Gasteiger partial charge on any atom is 0.255 e. The van der Waals surface area contributed by atoms with Gasteiger partial charge in [-0.1, -0.05) is 11.6 Å². The number of benzene rings is 1. The van der Waals surface area contributed by atoms with E-state index < -0.39 is 0 Å². The Morgan fingerprint density at radius 2 is 1.92 bits per heavy atom. The Hall–Kier alpha value is -2.47. The van der Waals surface area contributed by atoms with Crippen LogP contribution in [0.2, 0.25) is 0 Å². The average Bonchev–Trinajstić information content (AvgIpc) is 3.16. The fraction of sp³-hybridized carbons (Fsp3) is 0.316. The smallest absolute Gasteiger partial charge is 0.255 e. The molecule has 1 aliphatic rings. The Kier molecular flexibility index (Phi) is 4.13. The first-order chi connectivity index (χ1) is 12.1. The highest BCUT2D eigenvalue weighted by atomic mass is 32.1. The molecule has 0 spiro atoms. The third kappa shape index (κ3) is 3.09. The number of piperazine rings is 1. The van der Waals surface area contributed by atoms with Crippen molar-refractivity contribution < 1.29 is 4.79 Å². The van der Waals surface area contributed by atoms with Crippen molar-refractivity contribution in [2.45, 2.75) is 13.8 Å². The lowest BCUT2D eigenvalue weighted by atomic mass is 10.1. The largest absolute Gasteiger partial charge is 0.345 e. The molecule has 0 unspecified atom stereocenters. The zero-order valence-corrected chi connectivity index (χ0v) is 15.2. The van der Waals surface area contributed by atoms with Gasteiger partial charge in [0, 0.05) is 43.1 Å². The van der Waals surface area contributed by atoms with Crippen LogP contribution in [0.15, 0.2) is 35.8 Å². The molecule has 25 heavy (non-hydrogen) atoms. The highest BCUT2D eigenvalue weighted by Crippen LogP contribution is 2.22. The van der Waals surface area contributed by atoms with Crippen LogP contribution >= 0.6 is 11.3 Å². The van der Waals surface area contributed by atoms with Crippen molar-refractivity contribution in [3.8, 4) is 0 Å². The van der Waals surface area contributed by atoms with Crippen LogP contribution < -0.4 is 4.90 Å². The molecule has 0 saturated carbocycles. The number of anilines is 1. The molecule has 1 fully saturated rings. The molecule has 2 aromatic heterocycles. The maximum atomic E-state index is 13.0. The van der Waals surface area contributed by atoms with Crippen molar-refractivity contribution in [2.24, 2.45) is 0 Å². The molecule has 1 saturated heterocycles. The van der Waals surface area contributed by atoms with Gasteiger partial charge < -0.3 is 9.80 Å². The maximum absolute atomic E-state index is 13.0. The fourth-order valence-corrected chi connectivity index (χ4v) is 3.95. The summed E-state index contributed by atoms with van der Waals surface area (Å²) in [5.41, 5.74) is 3.62. The van der Waals surface area contributed by atoms with Gasteiger partial charge in [-0.25, -0.2) is 4.98 Å². The number of rotatable bonds is 2. The molecule has 6 heteroatoms. The number of aryl methyl sites for hydroxylation is 2. The van der Waals surface area contributed by atoms with E-state index >= 15 is 0 Å². The van der Waals surface area contributed by atoms with E-state index in [2.05, 4.69) is 27.9 Å². The van der Waals surface area contributed by atoms with Crippen LogP contribution in [0, 0.1) is 13.8 Å². The summed E-state index contributed by atoms with van der Waals surface area (Å²) in [6, 6.07) is 8.13. The van der Waals surface area contributed by atoms with Gasteiger partial charge in [-0.15, -0.1) is 11.3 Å². The number of pyridine rings is 1. The van der Waals surface area contributed by atoms with Gasteiger partial charge in [0.05, 0.1) is 16.8 Å². The number of fused-ring (bicyclic) bond motifs is 1. The summed E-state index contributed by atoms with van der Waals surface area (Å²) in [4.78, 5) is 26.1. The molecule has 0 aliphatic carbocycles. The van der Waals surface area contributed by atoms with Crippen LogP contribution in [0.1, 0.15) is 21.6 Å². The first-order valence-corrected chi connectivity index (χ1v) is 9.31. The standard InChI is InChI=1S/C19H20N4OS/c1-13-3-4-17-15(11-13)12-16(14(2)21-17)18(24)22-6-8-23(9-7-22)19-20-5-10-25-19/h3-5,10-12H,6-9H2,1-2H3. The molecule has 4 rings (SSSR count). The summed E-state index contributed by atoms with van der Waals surface area (Å²) < 4.78 is 0. The van der Waals surface area contributed by atoms with Crippen LogP contribution in [-0.2, 0) is 0 Å². The van der Waals surface area contributed by atoms with Crippen LogP contribution in [-0.4, -0.2) is 47.0 Å². The summed E-state index contributed by atoms with van der Waals surface area (Å²) in [6.45, 7) is 7.03. The van der Waals surface area contributed by atoms with Crippen LogP contribution in [0.4, 0.5) is 5.13 Å². The van der Waals surface area contributed by atoms with E-state index in [4.69, 9.17) is 0 Å². The predicted octanol–water partition coefficient (Wildman–Crippen LogP) is 3.27. The molecular weight excluding hydrogens is 332 g/mol. The van der Waals surface area contributed by atoms with E-state index in [1.165, 1.54) is 5.56 Å². The first-order valence-electron chi connectivity index (χ1n) is 8.43. The summed E-state index contributed by atoms with van der Waals surface area (Å²) in [7, 11) is 0. The molecule has 0 atom stereocenters. The lowest BCUT2D eigenvalue weighted by Gasteiger charge is -2.34. The second-order valence-electron chi connectivity index (χ2n) is 6.41. The first kappa shape index (κ1) is 16.0. The van der Waals surface area contributed by atoms with Gasteiger partial charge in [0.15, 0.2) is 5.13 Å². The number of aromatic nitrogens is 2. The molecule has 128 valence electrons. The molecule has 0 N–H and O–H groups in total. The van der Waals surface area contributed by atoms with E-state index in [1.54, 1.807) is 11.3 Å². The van der Waals surface area contributed by atoms with E-state index in [0.717, 1.165) is 34.8 Å². The number of nitrogens with zero attached hydrogens (tertiary/aromatic N) is 4. The van der Waals surface area contributed by atoms with Crippen LogP contribution in [0.25, 0.3) is 10.9 Å². The Morgan fingerprint density at radius 3 is 2.64 bits per heavy atom. The number of carbonyl (C=O) groups excluding carboxylic acids is 1. The fourth-order valence-electron chi connectivity index (χ4n) is 3.25. The summed E-state index contributed by atoms with van der Waals surface area (Å²) in [5.74, 6) is 0.0761. The normalized spacial score (nSPS) is 15.0. The highest BCUT2D eigenvalue weighted by molar-refractivity contribution is 7.13. The molecule has 3 heterocycles. The number of thiazole rings is 1. The molecule has 0 bridgehead atoms. The van der Waals surface area contributed by atoms with E-state index in [9.17, 15) is 4.79 Å². The molecule has 1 aliphatic heterocycles. The van der Waals surface area contributed by atoms with Crippen LogP contribution in [0.5, 0.6) is 0 Å². The minimum atomic E-state index is 0.0761. The van der Waals surface area contributed by atoms with Crippen molar-refractivity contribution in [3.63, 3.8) is 0 Å². The molecule has 3 aromatic rings. The predicted molar refractivity (Wildman–Crippen MR) is 101 cm³/mol. The Labute approximate surface area is 150 Å². The molecule has 1 aromatic carbocycles. The van der Waals surface area contributed by atoms with Crippen molar-refractivity contribution >= 4 is 33.3 Å². The molecule has 1 amide bonds. The van der Waals surface area contributed by atoms with E-state index in [0.29, 0.717) is 18.7 Å². The van der Waals surface area contributed by atoms with Gasteiger partial charge in [0.2, 0.25) is 0 Å². The van der Waals surface area contributed by atoms with Gasteiger partial charge in [-0.3, -0.25) is 9.78 Å². The monoisotopic (exact) mass is 352 g/mol. The number of hydrogen-bond acceptors (Lipinski definition) is 5. The lowest BCUT2D eigenvalue weighted by molar-refractivity contribution is 0.0745. The Balaban J connectivity index is 1.55. The number of hydrogen-bond donors (Lipinski definition) is 0. The summed E-state index contributed by atoms with van der Waals surface area (Å²) in [6.07, 6.45) is 1.82. The molecule has 5 nitrogen and oxygen atoms in total. The minimum Gasteiger partial charge on any atom is -0.345 e. The second kappa shape index (κ2) is 6.44. The molecular formula is C19H20N4OS. The number of carbonyl (C=O) groups is 1. The summed E-state index contributed by atoms with van der Waals surface area (Å²) in [5, 5.41) is 4.04. The second-order valence-corrected chi connectivity index (χ2v) is 7.28. The van der Waals surface area contributed by atoms with Gasteiger partial charge in [-0.2, -0.15) is 0 Å². The third-order valence-electron chi connectivity index (χ3n) is 4.65. The SMILES string of the molecule is Cc1ccc2nc(C)c(C(=O)N3CCN(c4nccs4)CC3)cc2c1. The van der Waals surface area contributed by atoms with Crippen molar-refractivity contribution in [2.75, 3.05) is 31.1 Å². The Morgan fingerprint density at radius 1 is 1.12 bits per heavy atom. The van der Waals surface area contributed by atoms with E-state index in [-0.39, 0.29) is 5.91 Å². The van der Waals surface area contributed by atoms with Crippen molar-refractivity contribution in [1.29, 1.82) is 0 Å². The Bertz CT molecular complexity index is 915. The van der Waals surface area contributed by atoms with Gasteiger partial charge in [-0.05, 0) is 32.0 Å². The van der Waals surface area contributed by atoms with Gasteiger partial charge in [0.25, 0.3) is 5.91 Å². The van der Waals surface area contributed by atoms with Crippen LogP contribution in [0.3, 0.4) is 0 Å². The topological polar surface area (TPSA) is 49.3 Å². The van der Waals surface area contributed by atoms with Crippen molar-refractivity contribution in [1.82, 2.24) is 14.9 Å². The number of amides is 1. The lowest BCUT2D eigenvalue weighted by Crippen LogP contribution is -2.49. The van der Waals surface area contributed by atoms with Crippen molar-refractivity contribution in [3.05, 3.63) is 52.7 Å². The van der Waals surface area contributed by atoms with E-state index in [1.807, 2.05) is 41.6 Å². The molecule has 0 radical (unpaired) electrons. The quantitative estimate of drug-likeness (QED) is 0.710. The zero-order valence-electron chi connectivity index (χ0n) is 14.4. The third-order valence-corrected chi connectivity index (χ3v) is 5.48. The summed E-state index contributed by atoms with van der Waals surface area (Å²) >= 11 is 1.64. The van der Waals surface area contributed by atoms with Gasteiger partial charge >= 0.3 is 0 Å². The zero-order chi connectivity index (χ0) is 17.4.